The molecule has 5 rings (SSSR count). The van der Waals surface area contributed by atoms with E-state index in [0.29, 0.717) is 18.4 Å². The number of carbonyl (C=O) groups excluding carboxylic acids is 1. The second-order valence-electron chi connectivity index (χ2n) is 7.88. The van der Waals surface area contributed by atoms with Crippen LogP contribution in [0.4, 0.5) is 0 Å². The molecule has 2 aliphatic rings. The van der Waals surface area contributed by atoms with Crippen LogP contribution in [0.1, 0.15) is 57.1 Å². The van der Waals surface area contributed by atoms with E-state index in [2.05, 4.69) is 0 Å². The van der Waals surface area contributed by atoms with Crippen molar-refractivity contribution in [2.24, 2.45) is 0 Å². The van der Waals surface area contributed by atoms with Gasteiger partial charge in [-0.1, -0.05) is 43.4 Å². The van der Waals surface area contributed by atoms with Crippen molar-refractivity contribution >= 4 is 23.1 Å². The van der Waals surface area contributed by atoms with Crippen LogP contribution in [0.2, 0.25) is 0 Å². The summed E-state index contributed by atoms with van der Waals surface area (Å²) in [5.41, 5.74) is 4.60. The van der Waals surface area contributed by atoms with Gasteiger partial charge in [-0.25, -0.2) is 4.79 Å². The van der Waals surface area contributed by atoms with E-state index >= 15 is 0 Å². The number of aromatic hydroxyl groups is 2. The third-order valence-electron chi connectivity index (χ3n) is 6.04. The van der Waals surface area contributed by atoms with Crippen LogP contribution in [0, 0.1) is 0 Å². The second kappa shape index (κ2) is 6.67. The molecular formula is C25H20O4S. The quantitative estimate of drug-likeness (QED) is 0.475. The van der Waals surface area contributed by atoms with Gasteiger partial charge in [0.25, 0.3) is 0 Å². The molecule has 0 atom stereocenters. The molecule has 0 saturated heterocycles. The standard InChI is InChI=1S/C25H20O4S/c1-2-19(30)9-14-3-6-23-20(10-14)24(28)29-25(23)21-7-4-17(26)12-15(21)11-16-13-18(27)5-8-22(16)25/h3-8,10,12-13,26-27H,2,9,11H2,1H3. The number of ether oxygens (including phenoxy) is 1. The number of hydrogen-bond donors (Lipinski definition) is 2. The molecule has 1 heterocycles. The molecule has 3 aromatic carbocycles. The molecule has 0 amide bonds. The highest BCUT2D eigenvalue weighted by Crippen LogP contribution is 2.52. The van der Waals surface area contributed by atoms with E-state index < -0.39 is 5.60 Å². The van der Waals surface area contributed by atoms with E-state index in [1.807, 2.05) is 37.3 Å². The van der Waals surface area contributed by atoms with E-state index in [1.165, 1.54) is 0 Å². The summed E-state index contributed by atoms with van der Waals surface area (Å²) in [6, 6.07) is 16.1. The highest BCUT2D eigenvalue weighted by atomic mass is 32.1. The van der Waals surface area contributed by atoms with Crippen LogP contribution in [0.5, 0.6) is 11.5 Å². The summed E-state index contributed by atoms with van der Waals surface area (Å²) in [5.74, 6) is -0.0739. The van der Waals surface area contributed by atoms with Gasteiger partial charge in [-0.15, -0.1) is 0 Å². The van der Waals surface area contributed by atoms with Crippen LogP contribution in [-0.2, 0) is 23.2 Å². The van der Waals surface area contributed by atoms with Gasteiger partial charge in [0.2, 0.25) is 0 Å². The number of esters is 1. The molecule has 0 saturated carbocycles. The number of phenolic OH excluding ortho intramolecular Hbond substituents is 2. The average Bonchev–Trinajstić information content (AvgIpc) is 3.00. The zero-order valence-corrected chi connectivity index (χ0v) is 17.3. The fourth-order valence-electron chi connectivity index (χ4n) is 4.67. The summed E-state index contributed by atoms with van der Waals surface area (Å²) in [5, 5.41) is 20.1. The van der Waals surface area contributed by atoms with Gasteiger partial charge in [-0.05, 0) is 64.7 Å². The monoisotopic (exact) mass is 416 g/mol. The summed E-state index contributed by atoms with van der Waals surface area (Å²) < 4.78 is 6.14. The lowest BCUT2D eigenvalue weighted by Gasteiger charge is -2.37. The topological polar surface area (TPSA) is 66.8 Å². The van der Waals surface area contributed by atoms with Crippen LogP contribution >= 0.6 is 12.2 Å². The lowest BCUT2D eigenvalue weighted by molar-refractivity contribution is 0.0240. The molecule has 30 heavy (non-hydrogen) atoms. The molecule has 3 aromatic rings. The van der Waals surface area contributed by atoms with E-state index in [-0.39, 0.29) is 17.5 Å². The number of hydrogen-bond acceptors (Lipinski definition) is 5. The number of fused-ring (bicyclic) bond motifs is 6. The lowest BCUT2D eigenvalue weighted by atomic mass is 9.71. The first-order valence-electron chi connectivity index (χ1n) is 9.95. The Labute approximate surface area is 179 Å². The average molecular weight is 416 g/mol. The molecule has 2 N–H and O–H groups in total. The fourth-order valence-corrected chi connectivity index (χ4v) is 4.84. The van der Waals surface area contributed by atoms with Crippen molar-refractivity contribution in [3.63, 3.8) is 0 Å². The van der Waals surface area contributed by atoms with Crippen LogP contribution in [0.3, 0.4) is 0 Å². The van der Waals surface area contributed by atoms with Crippen LogP contribution in [0.25, 0.3) is 0 Å². The Hall–Kier alpha value is -3.18. The SMILES string of the molecule is CCC(=S)Cc1ccc2c(c1)C(=O)OC21c2ccc(O)cc2Cc2cc(O)ccc21. The molecule has 0 bridgehead atoms. The normalized spacial score (nSPS) is 15.3. The van der Waals surface area contributed by atoms with E-state index in [1.54, 1.807) is 24.3 Å². The van der Waals surface area contributed by atoms with E-state index in [0.717, 1.165) is 44.7 Å². The van der Waals surface area contributed by atoms with Crippen molar-refractivity contribution in [3.05, 3.63) is 93.5 Å². The van der Waals surface area contributed by atoms with Crippen molar-refractivity contribution in [2.75, 3.05) is 0 Å². The Bertz CT molecular complexity index is 1180. The predicted octanol–water partition coefficient (Wildman–Crippen LogP) is 4.79. The third-order valence-corrected chi connectivity index (χ3v) is 6.47. The Morgan fingerprint density at radius 2 is 1.57 bits per heavy atom. The molecule has 1 spiro atoms. The number of carbonyl (C=O) groups is 1. The molecule has 150 valence electrons. The molecule has 4 nitrogen and oxygen atoms in total. The number of phenols is 2. The number of benzene rings is 3. The molecule has 5 heteroatoms. The molecule has 0 aromatic heterocycles. The molecular weight excluding hydrogens is 396 g/mol. The van der Waals surface area contributed by atoms with Crippen LogP contribution in [-0.4, -0.2) is 21.0 Å². The van der Waals surface area contributed by atoms with Crippen molar-refractivity contribution in [1.29, 1.82) is 0 Å². The van der Waals surface area contributed by atoms with Crippen LogP contribution in [0.15, 0.2) is 54.6 Å². The minimum absolute atomic E-state index is 0.153. The predicted molar refractivity (Wildman–Crippen MR) is 117 cm³/mol. The fraction of sp³-hybridized carbons (Fsp3) is 0.200. The van der Waals surface area contributed by atoms with Gasteiger partial charge in [-0.3, -0.25) is 0 Å². The van der Waals surface area contributed by atoms with E-state index in [9.17, 15) is 15.0 Å². The van der Waals surface area contributed by atoms with Crippen molar-refractivity contribution in [3.8, 4) is 11.5 Å². The maximum absolute atomic E-state index is 13.0. The third kappa shape index (κ3) is 2.66. The van der Waals surface area contributed by atoms with E-state index in [4.69, 9.17) is 17.0 Å². The Kier molecular flexibility index (Phi) is 4.19. The maximum atomic E-state index is 13.0. The zero-order chi connectivity index (χ0) is 21.0. The highest BCUT2D eigenvalue weighted by Gasteiger charge is 2.52. The molecule has 0 radical (unpaired) electrons. The highest BCUT2D eigenvalue weighted by molar-refractivity contribution is 7.80. The van der Waals surface area contributed by atoms with Gasteiger partial charge >= 0.3 is 5.97 Å². The molecule has 0 fully saturated rings. The van der Waals surface area contributed by atoms with Crippen molar-refractivity contribution in [1.82, 2.24) is 0 Å². The number of thiocarbonyl (C=S) groups is 1. The molecule has 1 aliphatic heterocycles. The summed E-state index contributed by atoms with van der Waals surface area (Å²) in [4.78, 5) is 14.0. The minimum Gasteiger partial charge on any atom is -0.508 e. The van der Waals surface area contributed by atoms with Crippen molar-refractivity contribution < 1.29 is 19.7 Å². The Balaban J connectivity index is 1.76. The Morgan fingerprint density at radius 3 is 2.17 bits per heavy atom. The largest absolute Gasteiger partial charge is 0.508 e. The smallest absolute Gasteiger partial charge is 0.340 e. The van der Waals surface area contributed by atoms with Crippen LogP contribution < -0.4 is 0 Å². The molecule has 0 unspecified atom stereocenters. The molecule has 1 aliphatic carbocycles. The van der Waals surface area contributed by atoms with Gasteiger partial charge in [0, 0.05) is 23.1 Å². The summed E-state index contributed by atoms with van der Waals surface area (Å²) in [7, 11) is 0. The number of rotatable bonds is 3. The lowest BCUT2D eigenvalue weighted by Crippen LogP contribution is -2.34. The summed E-state index contributed by atoms with van der Waals surface area (Å²) in [6.45, 7) is 2.03. The second-order valence-corrected chi connectivity index (χ2v) is 8.46. The first-order chi connectivity index (χ1) is 14.4. The first-order valence-corrected chi connectivity index (χ1v) is 10.4. The van der Waals surface area contributed by atoms with Gasteiger partial charge in [0.1, 0.15) is 11.5 Å². The van der Waals surface area contributed by atoms with Gasteiger partial charge in [0.15, 0.2) is 5.60 Å². The van der Waals surface area contributed by atoms with Gasteiger partial charge < -0.3 is 14.9 Å². The van der Waals surface area contributed by atoms with Gasteiger partial charge in [0.05, 0.1) is 5.56 Å². The summed E-state index contributed by atoms with van der Waals surface area (Å²) >= 11 is 5.38. The minimum atomic E-state index is -1.10. The van der Waals surface area contributed by atoms with Crippen molar-refractivity contribution in [2.45, 2.75) is 31.8 Å². The Morgan fingerprint density at radius 1 is 0.967 bits per heavy atom. The van der Waals surface area contributed by atoms with Gasteiger partial charge in [-0.2, -0.15) is 0 Å². The first kappa shape index (κ1) is 18.8. The summed E-state index contributed by atoms with van der Waals surface area (Å²) in [6.07, 6.45) is 1.99. The maximum Gasteiger partial charge on any atom is 0.340 e. The zero-order valence-electron chi connectivity index (χ0n) is 16.4.